The molecule has 0 bridgehead atoms. The van der Waals surface area contributed by atoms with Crippen LogP contribution in [0.3, 0.4) is 0 Å². The topological polar surface area (TPSA) is 47.9 Å². The highest BCUT2D eigenvalue weighted by molar-refractivity contribution is 6.75. The van der Waals surface area contributed by atoms with Crippen LogP contribution in [0.15, 0.2) is 59.6 Å². The van der Waals surface area contributed by atoms with Crippen LogP contribution < -0.4 is 4.74 Å². The molecule has 0 spiro atoms. The Balaban J connectivity index is 1.95. The first-order valence-corrected chi connectivity index (χ1v) is 8.23. The number of esters is 1. The summed E-state index contributed by atoms with van der Waals surface area (Å²) in [6.07, 6.45) is -0.309. The second kappa shape index (κ2) is 7.01. The van der Waals surface area contributed by atoms with Gasteiger partial charge in [0, 0.05) is 0 Å². The normalized spacial score (nSPS) is 17.1. The molecule has 0 fully saturated rings. The van der Waals surface area contributed by atoms with Gasteiger partial charge in [-0.2, -0.15) is 0 Å². The van der Waals surface area contributed by atoms with Gasteiger partial charge in [-0.1, -0.05) is 77.3 Å². The van der Waals surface area contributed by atoms with Gasteiger partial charge in [0.15, 0.2) is 0 Å². The molecule has 0 aliphatic carbocycles. The van der Waals surface area contributed by atoms with Crippen LogP contribution in [0.1, 0.15) is 17.2 Å². The quantitative estimate of drug-likeness (QED) is 0.538. The molecule has 2 aromatic carbocycles. The fourth-order valence-electron chi connectivity index (χ4n) is 2.26. The molecule has 1 aliphatic rings. The van der Waals surface area contributed by atoms with E-state index >= 15 is 0 Å². The van der Waals surface area contributed by atoms with E-state index in [0.717, 1.165) is 5.56 Å². The van der Waals surface area contributed by atoms with Crippen molar-refractivity contribution in [2.45, 2.75) is 9.90 Å². The number of aliphatic imine (C=N–C) groups is 1. The average Bonchev–Trinajstić information content (AvgIpc) is 2.75. The number of benzene rings is 2. The monoisotopic (exact) mass is 383 g/mol. The van der Waals surface area contributed by atoms with E-state index in [4.69, 9.17) is 44.3 Å². The van der Waals surface area contributed by atoms with E-state index in [9.17, 15) is 4.79 Å². The highest BCUT2D eigenvalue weighted by Crippen LogP contribution is 2.32. The molecule has 0 saturated heterocycles. The molecule has 0 N–H and O–H groups in total. The third kappa shape index (κ3) is 3.83. The van der Waals surface area contributed by atoms with Gasteiger partial charge in [0.05, 0.1) is 12.1 Å². The number of para-hydroxylation sites is 1. The number of ether oxygens (including phenoxy) is 2. The molecule has 24 heavy (non-hydrogen) atoms. The van der Waals surface area contributed by atoms with E-state index in [-0.39, 0.29) is 18.5 Å². The minimum absolute atomic E-state index is 0.0698. The number of alkyl halides is 3. The van der Waals surface area contributed by atoms with Gasteiger partial charge in [-0.25, -0.2) is 9.79 Å². The SMILES string of the molecule is O=C(OC1=NCC(c2ccccc2)Oc2ccccc21)C(Cl)(Cl)Cl. The second-order valence-electron chi connectivity index (χ2n) is 5.05. The van der Waals surface area contributed by atoms with Crippen LogP contribution in [0, 0.1) is 0 Å². The van der Waals surface area contributed by atoms with Crippen molar-refractivity contribution in [2.75, 3.05) is 6.54 Å². The van der Waals surface area contributed by atoms with E-state index in [1.807, 2.05) is 36.4 Å². The highest BCUT2D eigenvalue weighted by Gasteiger charge is 2.35. The largest absolute Gasteiger partial charge is 0.483 e. The van der Waals surface area contributed by atoms with Crippen LogP contribution in [0.25, 0.3) is 0 Å². The number of fused-ring (bicyclic) bond motifs is 1. The first-order valence-electron chi connectivity index (χ1n) is 7.09. The fourth-order valence-corrected chi connectivity index (χ4v) is 2.38. The maximum atomic E-state index is 11.9. The molecule has 124 valence electrons. The first kappa shape index (κ1) is 17.1. The minimum Gasteiger partial charge on any atom is -0.483 e. The van der Waals surface area contributed by atoms with Crippen LogP contribution in [-0.2, 0) is 9.53 Å². The summed E-state index contributed by atoms with van der Waals surface area (Å²) in [6.45, 7) is 0.265. The Hall–Kier alpha value is -1.75. The summed E-state index contributed by atoms with van der Waals surface area (Å²) in [5.41, 5.74) is 1.49. The Kier molecular flexibility index (Phi) is 4.99. The van der Waals surface area contributed by atoms with Crippen LogP contribution in [0.4, 0.5) is 0 Å². The number of hydrogen-bond acceptors (Lipinski definition) is 4. The summed E-state index contributed by atoms with van der Waals surface area (Å²) >= 11 is 16.7. The molecule has 2 aromatic rings. The zero-order valence-corrected chi connectivity index (χ0v) is 14.6. The van der Waals surface area contributed by atoms with Crippen molar-refractivity contribution in [1.29, 1.82) is 0 Å². The Labute approximate surface area is 154 Å². The van der Waals surface area contributed by atoms with Crippen LogP contribution in [0.2, 0.25) is 0 Å². The lowest BCUT2D eigenvalue weighted by Gasteiger charge is -2.16. The first-order chi connectivity index (χ1) is 11.4. The average molecular weight is 385 g/mol. The minimum atomic E-state index is -2.18. The van der Waals surface area contributed by atoms with Crippen LogP contribution in [-0.4, -0.2) is 22.2 Å². The molecule has 0 saturated carbocycles. The Bertz CT molecular complexity index is 772. The Morgan fingerprint density at radius 2 is 1.75 bits per heavy atom. The maximum absolute atomic E-state index is 11.9. The van der Waals surface area contributed by atoms with Crippen LogP contribution in [0.5, 0.6) is 5.75 Å². The van der Waals surface area contributed by atoms with E-state index in [1.54, 1.807) is 18.2 Å². The lowest BCUT2D eigenvalue weighted by atomic mass is 10.1. The molecule has 1 atom stereocenters. The zero-order valence-electron chi connectivity index (χ0n) is 12.3. The number of rotatable bonds is 1. The van der Waals surface area contributed by atoms with Crippen molar-refractivity contribution in [3.05, 3.63) is 65.7 Å². The summed E-state index contributed by atoms with van der Waals surface area (Å²) in [6, 6.07) is 16.8. The van der Waals surface area contributed by atoms with Crippen molar-refractivity contribution >= 4 is 46.7 Å². The van der Waals surface area contributed by atoms with Gasteiger partial charge in [-0.15, -0.1) is 0 Å². The third-order valence-electron chi connectivity index (χ3n) is 3.38. The Morgan fingerprint density at radius 3 is 2.46 bits per heavy atom. The highest BCUT2D eigenvalue weighted by atomic mass is 35.6. The van der Waals surface area contributed by atoms with Crippen LogP contribution >= 0.6 is 34.8 Å². The number of carbonyl (C=O) groups excluding carboxylic acids is 1. The fraction of sp³-hybridized carbons (Fsp3) is 0.176. The van der Waals surface area contributed by atoms with E-state index in [1.165, 1.54) is 0 Å². The summed E-state index contributed by atoms with van der Waals surface area (Å²) in [5, 5.41) is 0. The van der Waals surface area contributed by atoms with Gasteiger partial charge >= 0.3 is 5.97 Å². The van der Waals surface area contributed by atoms with E-state index in [0.29, 0.717) is 11.3 Å². The Morgan fingerprint density at radius 1 is 1.08 bits per heavy atom. The van der Waals surface area contributed by atoms with Crippen molar-refractivity contribution in [1.82, 2.24) is 0 Å². The van der Waals surface area contributed by atoms with Crippen molar-refractivity contribution in [3.63, 3.8) is 0 Å². The standard InChI is InChI=1S/C17H12Cl3NO3/c18-17(19,20)16(22)24-15-12-8-4-5-9-13(12)23-14(10-21-15)11-6-2-1-3-7-11/h1-9,14H,10H2. The lowest BCUT2D eigenvalue weighted by Crippen LogP contribution is -2.25. The van der Waals surface area contributed by atoms with Gasteiger partial charge in [-0.05, 0) is 17.7 Å². The molecule has 1 aliphatic heterocycles. The molecule has 3 rings (SSSR count). The lowest BCUT2D eigenvalue weighted by molar-refractivity contribution is -0.134. The zero-order chi connectivity index (χ0) is 17.2. The number of halogens is 3. The summed E-state index contributed by atoms with van der Waals surface area (Å²) in [5.74, 6) is -0.403. The summed E-state index contributed by atoms with van der Waals surface area (Å²) < 4.78 is 9.04. The summed E-state index contributed by atoms with van der Waals surface area (Å²) in [4.78, 5) is 16.2. The van der Waals surface area contributed by atoms with Gasteiger partial charge in [-0.3, -0.25) is 0 Å². The number of carbonyl (C=O) groups is 1. The molecule has 4 nitrogen and oxygen atoms in total. The number of hydrogen-bond donors (Lipinski definition) is 0. The molecule has 0 aromatic heterocycles. The molecular formula is C17H12Cl3NO3. The molecular weight excluding hydrogens is 373 g/mol. The third-order valence-corrected chi connectivity index (χ3v) is 3.84. The summed E-state index contributed by atoms with van der Waals surface area (Å²) in [7, 11) is 0. The van der Waals surface area contributed by atoms with Crippen molar-refractivity contribution < 1.29 is 14.3 Å². The predicted octanol–water partition coefficient (Wildman–Crippen LogP) is 4.48. The molecule has 0 amide bonds. The van der Waals surface area contributed by atoms with Crippen molar-refractivity contribution in [2.24, 2.45) is 4.99 Å². The van der Waals surface area contributed by atoms with Crippen molar-refractivity contribution in [3.8, 4) is 5.75 Å². The molecule has 1 unspecified atom stereocenters. The van der Waals surface area contributed by atoms with E-state index < -0.39 is 9.76 Å². The molecule has 7 heteroatoms. The van der Waals surface area contributed by atoms with Gasteiger partial charge < -0.3 is 9.47 Å². The maximum Gasteiger partial charge on any atom is 0.365 e. The van der Waals surface area contributed by atoms with E-state index in [2.05, 4.69) is 4.99 Å². The molecule has 0 radical (unpaired) electrons. The smallest absolute Gasteiger partial charge is 0.365 e. The van der Waals surface area contributed by atoms with Gasteiger partial charge in [0.1, 0.15) is 11.9 Å². The molecule has 1 heterocycles. The van der Waals surface area contributed by atoms with Gasteiger partial charge in [0.2, 0.25) is 5.90 Å². The number of nitrogens with zero attached hydrogens (tertiary/aromatic N) is 1. The predicted molar refractivity (Wildman–Crippen MR) is 94.0 cm³/mol. The van der Waals surface area contributed by atoms with Gasteiger partial charge in [0.25, 0.3) is 3.79 Å². The second-order valence-corrected chi connectivity index (χ2v) is 7.33.